The van der Waals surface area contributed by atoms with E-state index in [2.05, 4.69) is 60.9 Å². The van der Waals surface area contributed by atoms with E-state index in [1.54, 1.807) is 0 Å². The molecule has 1 saturated carbocycles. The minimum Gasteiger partial charge on any atom is -0.309 e. The predicted octanol–water partition coefficient (Wildman–Crippen LogP) is 4.83. The molecular formula is C18H23NS. The highest BCUT2D eigenvalue weighted by Gasteiger charge is 2.46. The van der Waals surface area contributed by atoms with E-state index in [0.717, 1.165) is 6.54 Å². The maximum absolute atomic E-state index is 3.78. The van der Waals surface area contributed by atoms with Crippen LogP contribution in [-0.4, -0.2) is 6.54 Å². The monoisotopic (exact) mass is 285 g/mol. The van der Waals surface area contributed by atoms with Crippen molar-refractivity contribution in [3.05, 3.63) is 57.8 Å². The zero-order chi connectivity index (χ0) is 14.0. The van der Waals surface area contributed by atoms with E-state index in [4.69, 9.17) is 0 Å². The Kier molecular flexibility index (Phi) is 3.95. The van der Waals surface area contributed by atoms with Crippen molar-refractivity contribution in [3.63, 3.8) is 0 Å². The zero-order valence-electron chi connectivity index (χ0n) is 12.4. The normalized spacial score (nSPS) is 18.5. The van der Waals surface area contributed by atoms with Crippen LogP contribution in [0.3, 0.4) is 0 Å². The topological polar surface area (TPSA) is 12.0 Å². The van der Waals surface area contributed by atoms with Crippen LogP contribution in [0.5, 0.6) is 0 Å². The van der Waals surface area contributed by atoms with Gasteiger partial charge in [0.25, 0.3) is 0 Å². The van der Waals surface area contributed by atoms with Crippen molar-refractivity contribution in [1.29, 1.82) is 0 Å². The lowest BCUT2D eigenvalue weighted by Gasteiger charge is -2.48. The van der Waals surface area contributed by atoms with Gasteiger partial charge in [0, 0.05) is 10.3 Å². The summed E-state index contributed by atoms with van der Waals surface area (Å²) in [5, 5.41) is 6.01. The van der Waals surface area contributed by atoms with Crippen molar-refractivity contribution in [2.24, 2.45) is 0 Å². The molecule has 1 atom stereocenters. The van der Waals surface area contributed by atoms with Crippen molar-refractivity contribution in [3.8, 4) is 0 Å². The summed E-state index contributed by atoms with van der Waals surface area (Å²) in [6, 6.07) is 13.8. The molecule has 1 N–H and O–H groups in total. The minimum absolute atomic E-state index is 0.298. The summed E-state index contributed by atoms with van der Waals surface area (Å²) in [6.45, 7) is 5.48. The van der Waals surface area contributed by atoms with Gasteiger partial charge in [0.1, 0.15) is 0 Å². The molecule has 3 rings (SSSR count). The lowest BCUT2D eigenvalue weighted by molar-refractivity contribution is 0.173. The van der Waals surface area contributed by atoms with Crippen LogP contribution in [-0.2, 0) is 5.41 Å². The number of likely N-dealkylation sites (N-methyl/N-ethyl adjacent to an activating group) is 1. The molecule has 0 spiro atoms. The van der Waals surface area contributed by atoms with Gasteiger partial charge in [0.15, 0.2) is 0 Å². The predicted molar refractivity (Wildman–Crippen MR) is 87.4 cm³/mol. The fraction of sp³-hybridized carbons (Fsp3) is 0.444. The first kappa shape index (κ1) is 13.8. The highest BCUT2D eigenvalue weighted by Crippen LogP contribution is 2.53. The summed E-state index contributed by atoms with van der Waals surface area (Å²) in [5.41, 5.74) is 3.24. The molecule has 1 aromatic carbocycles. The smallest absolute Gasteiger partial charge is 0.0515 e. The Bertz CT molecular complexity index is 554. The molecule has 1 fully saturated rings. The first-order chi connectivity index (χ1) is 9.78. The van der Waals surface area contributed by atoms with Crippen LogP contribution in [0.1, 0.15) is 48.2 Å². The Morgan fingerprint density at radius 1 is 1.20 bits per heavy atom. The second kappa shape index (κ2) is 5.71. The van der Waals surface area contributed by atoms with Crippen molar-refractivity contribution >= 4 is 11.3 Å². The molecule has 0 amide bonds. The van der Waals surface area contributed by atoms with Crippen LogP contribution >= 0.6 is 11.3 Å². The van der Waals surface area contributed by atoms with Crippen molar-refractivity contribution in [1.82, 2.24) is 5.32 Å². The van der Waals surface area contributed by atoms with Gasteiger partial charge in [-0.25, -0.2) is 0 Å². The second-order valence-corrected chi connectivity index (χ2v) is 6.78. The molecule has 0 aliphatic heterocycles. The highest BCUT2D eigenvalue weighted by molar-refractivity contribution is 7.10. The average molecular weight is 285 g/mol. The molecule has 1 aliphatic rings. The molecule has 0 radical (unpaired) electrons. The van der Waals surface area contributed by atoms with E-state index >= 15 is 0 Å². The number of aryl methyl sites for hydroxylation is 1. The van der Waals surface area contributed by atoms with Gasteiger partial charge in [0.05, 0.1) is 6.04 Å². The fourth-order valence-electron chi connectivity index (χ4n) is 3.50. The summed E-state index contributed by atoms with van der Waals surface area (Å²) in [7, 11) is 0. The van der Waals surface area contributed by atoms with Crippen molar-refractivity contribution in [2.75, 3.05) is 6.54 Å². The largest absolute Gasteiger partial charge is 0.309 e. The molecule has 0 saturated heterocycles. The standard InChI is InChI=1S/C18H23NS/c1-3-19-17(16-14(2)10-13-20-16)18(11-7-12-18)15-8-5-4-6-9-15/h4-6,8-10,13,17,19H,3,7,11-12H2,1-2H3. The lowest BCUT2D eigenvalue weighted by Crippen LogP contribution is -2.46. The highest BCUT2D eigenvalue weighted by atomic mass is 32.1. The van der Waals surface area contributed by atoms with E-state index in [9.17, 15) is 0 Å². The zero-order valence-corrected chi connectivity index (χ0v) is 13.2. The van der Waals surface area contributed by atoms with Gasteiger partial charge in [-0.05, 0) is 48.9 Å². The van der Waals surface area contributed by atoms with Crippen LogP contribution < -0.4 is 5.32 Å². The summed E-state index contributed by atoms with van der Waals surface area (Å²) >= 11 is 1.91. The number of nitrogens with one attached hydrogen (secondary N) is 1. The number of benzene rings is 1. The Morgan fingerprint density at radius 3 is 2.45 bits per heavy atom. The van der Waals surface area contributed by atoms with Crippen LogP contribution in [0.2, 0.25) is 0 Å². The summed E-state index contributed by atoms with van der Waals surface area (Å²) in [4.78, 5) is 1.52. The summed E-state index contributed by atoms with van der Waals surface area (Å²) in [5.74, 6) is 0. The third-order valence-corrected chi connectivity index (χ3v) is 5.80. The Labute approximate surface area is 126 Å². The molecule has 2 heteroatoms. The van der Waals surface area contributed by atoms with E-state index in [-0.39, 0.29) is 0 Å². The SMILES string of the molecule is CCNC(c1sccc1C)C1(c2ccccc2)CCC1. The molecule has 0 bridgehead atoms. The van der Waals surface area contributed by atoms with Gasteiger partial charge < -0.3 is 5.32 Å². The van der Waals surface area contributed by atoms with E-state index in [1.807, 2.05) is 11.3 Å². The maximum atomic E-state index is 3.78. The fourth-order valence-corrected chi connectivity index (χ4v) is 4.61. The Hall–Kier alpha value is -1.12. The van der Waals surface area contributed by atoms with Crippen molar-refractivity contribution < 1.29 is 0 Å². The molecule has 2 aromatic rings. The molecule has 1 unspecified atom stereocenters. The minimum atomic E-state index is 0.298. The number of hydrogen-bond donors (Lipinski definition) is 1. The molecule has 20 heavy (non-hydrogen) atoms. The maximum Gasteiger partial charge on any atom is 0.0515 e. The number of thiophene rings is 1. The van der Waals surface area contributed by atoms with Gasteiger partial charge in [-0.2, -0.15) is 0 Å². The Balaban J connectivity index is 2.03. The van der Waals surface area contributed by atoms with Gasteiger partial charge >= 0.3 is 0 Å². The molecular weight excluding hydrogens is 262 g/mol. The molecule has 1 aromatic heterocycles. The van der Waals surface area contributed by atoms with Crippen molar-refractivity contribution in [2.45, 2.75) is 44.6 Å². The Morgan fingerprint density at radius 2 is 1.95 bits per heavy atom. The quantitative estimate of drug-likeness (QED) is 0.829. The molecule has 1 aliphatic carbocycles. The first-order valence-electron chi connectivity index (χ1n) is 7.61. The van der Waals surface area contributed by atoms with Crippen LogP contribution in [0.4, 0.5) is 0 Å². The lowest BCUT2D eigenvalue weighted by atomic mass is 9.59. The van der Waals surface area contributed by atoms with Crippen LogP contribution in [0.25, 0.3) is 0 Å². The van der Waals surface area contributed by atoms with Gasteiger partial charge in [0.2, 0.25) is 0 Å². The summed E-state index contributed by atoms with van der Waals surface area (Å²) in [6.07, 6.45) is 3.94. The number of rotatable bonds is 5. The number of hydrogen-bond acceptors (Lipinski definition) is 2. The summed E-state index contributed by atoms with van der Waals surface area (Å²) < 4.78 is 0. The van der Waals surface area contributed by atoms with Gasteiger partial charge in [-0.15, -0.1) is 11.3 Å². The second-order valence-electron chi connectivity index (χ2n) is 5.83. The molecule has 1 nitrogen and oxygen atoms in total. The molecule has 106 valence electrons. The molecule has 1 heterocycles. The average Bonchev–Trinajstić information content (AvgIpc) is 2.84. The van der Waals surface area contributed by atoms with E-state index < -0.39 is 0 Å². The van der Waals surface area contributed by atoms with E-state index in [0.29, 0.717) is 11.5 Å². The first-order valence-corrected chi connectivity index (χ1v) is 8.49. The van der Waals surface area contributed by atoms with Crippen LogP contribution in [0, 0.1) is 6.92 Å². The third kappa shape index (κ3) is 2.21. The third-order valence-electron chi connectivity index (χ3n) is 4.72. The van der Waals surface area contributed by atoms with Gasteiger partial charge in [-0.3, -0.25) is 0 Å². The van der Waals surface area contributed by atoms with Crippen LogP contribution in [0.15, 0.2) is 41.8 Å². The van der Waals surface area contributed by atoms with E-state index in [1.165, 1.54) is 35.3 Å². The van der Waals surface area contributed by atoms with Gasteiger partial charge in [-0.1, -0.05) is 43.7 Å².